The minimum atomic E-state index is -3.48. The lowest BCUT2D eigenvalue weighted by Gasteiger charge is -2.01. The number of nitrogens with zero attached hydrogens (tertiary/aromatic N) is 2. The van der Waals surface area contributed by atoms with E-state index in [4.69, 9.17) is 0 Å². The van der Waals surface area contributed by atoms with Crippen LogP contribution < -0.4 is 5.32 Å². The Morgan fingerprint density at radius 2 is 1.65 bits per heavy atom. The van der Waals surface area contributed by atoms with Crippen molar-refractivity contribution in [1.29, 1.82) is 0 Å². The van der Waals surface area contributed by atoms with Crippen LogP contribution in [0, 0.1) is 0 Å². The molecule has 3 rings (SSSR count). The molecule has 0 unspecified atom stereocenters. The quantitative estimate of drug-likeness (QED) is 0.607. The summed E-state index contributed by atoms with van der Waals surface area (Å²) in [5.41, 5.74) is 0. The first kappa shape index (κ1) is 18.6. The molecule has 1 aromatic heterocycles. The Labute approximate surface area is 159 Å². The number of nitrogens with one attached hydrogen (secondary N) is 1. The van der Waals surface area contributed by atoms with Gasteiger partial charge in [-0.05, 0) is 24.3 Å². The van der Waals surface area contributed by atoms with Crippen LogP contribution in [0.3, 0.4) is 0 Å². The molecule has 0 spiro atoms. The number of benzene rings is 2. The summed E-state index contributed by atoms with van der Waals surface area (Å²) in [6.45, 7) is 0. The van der Waals surface area contributed by atoms with E-state index in [2.05, 4.69) is 15.5 Å². The van der Waals surface area contributed by atoms with Crippen LogP contribution in [0.1, 0.15) is 5.01 Å². The summed E-state index contributed by atoms with van der Waals surface area (Å²) in [5, 5.41) is 11.0. The van der Waals surface area contributed by atoms with E-state index in [1.54, 1.807) is 30.3 Å². The van der Waals surface area contributed by atoms with Crippen LogP contribution in [-0.4, -0.2) is 30.3 Å². The Morgan fingerprint density at radius 3 is 2.35 bits per heavy atom. The van der Waals surface area contributed by atoms with Crippen LogP contribution >= 0.6 is 23.1 Å². The molecule has 0 aliphatic rings. The van der Waals surface area contributed by atoms with Gasteiger partial charge >= 0.3 is 0 Å². The van der Waals surface area contributed by atoms with Crippen LogP contribution in [0.4, 0.5) is 5.13 Å². The van der Waals surface area contributed by atoms with E-state index in [1.165, 1.54) is 11.8 Å². The zero-order valence-electron chi connectivity index (χ0n) is 13.5. The third kappa shape index (κ3) is 5.13. The van der Waals surface area contributed by atoms with Gasteiger partial charge in [0.1, 0.15) is 10.8 Å². The first-order valence-corrected chi connectivity index (χ1v) is 11.1. The van der Waals surface area contributed by atoms with Crippen molar-refractivity contribution >= 4 is 44.0 Å². The molecule has 26 heavy (non-hydrogen) atoms. The van der Waals surface area contributed by atoms with Crippen molar-refractivity contribution < 1.29 is 13.2 Å². The van der Waals surface area contributed by atoms with Gasteiger partial charge in [0, 0.05) is 4.90 Å². The largest absolute Gasteiger partial charge is 0.300 e. The summed E-state index contributed by atoms with van der Waals surface area (Å²) in [7, 11) is -3.48. The fourth-order valence-corrected chi connectivity index (χ4v) is 5.15. The van der Waals surface area contributed by atoms with Crippen molar-refractivity contribution in [2.45, 2.75) is 15.5 Å². The van der Waals surface area contributed by atoms with Gasteiger partial charge in [0.2, 0.25) is 11.0 Å². The SMILES string of the molecule is O=C(CSc1ccccc1)Nc1nnc(CS(=O)(=O)c2ccccc2)s1. The van der Waals surface area contributed by atoms with Gasteiger partial charge in [0.05, 0.1) is 10.6 Å². The van der Waals surface area contributed by atoms with Crippen molar-refractivity contribution in [3.63, 3.8) is 0 Å². The Kier molecular flexibility index (Phi) is 6.02. The molecule has 0 aliphatic heterocycles. The molecule has 3 aromatic rings. The average molecular weight is 406 g/mol. The number of sulfone groups is 1. The van der Waals surface area contributed by atoms with Gasteiger partial charge in [0.15, 0.2) is 9.84 Å². The summed E-state index contributed by atoms with van der Waals surface area (Å²) in [5.74, 6) is -0.225. The van der Waals surface area contributed by atoms with Crippen molar-refractivity contribution in [3.8, 4) is 0 Å². The lowest BCUT2D eigenvalue weighted by molar-refractivity contribution is -0.113. The number of carbonyl (C=O) groups excluding carboxylic acids is 1. The van der Waals surface area contributed by atoms with Crippen molar-refractivity contribution in [3.05, 3.63) is 65.7 Å². The molecule has 1 amide bonds. The minimum absolute atomic E-state index is 0.215. The van der Waals surface area contributed by atoms with Crippen molar-refractivity contribution in [2.24, 2.45) is 0 Å². The highest BCUT2D eigenvalue weighted by Gasteiger charge is 2.18. The summed E-state index contributed by atoms with van der Waals surface area (Å²) >= 11 is 2.47. The number of anilines is 1. The Morgan fingerprint density at radius 1 is 1.00 bits per heavy atom. The molecule has 2 aromatic carbocycles. The van der Waals surface area contributed by atoms with E-state index in [9.17, 15) is 13.2 Å². The Hall–Kier alpha value is -2.23. The molecule has 9 heteroatoms. The van der Waals surface area contributed by atoms with Crippen LogP contribution in [0.15, 0.2) is 70.5 Å². The number of hydrogen-bond donors (Lipinski definition) is 1. The lowest BCUT2D eigenvalue weighted by Crippen LogP contribution is -2.13. The molecule has 0 saturated heterocycles. The van der Waals surface area contributed by atoms with Gasteiger partial charge in [-0.25, -0.2) is 8.42 Å². The number of carbonyl (C=O) groups is 1. The monoisotopic (exact) mass is 405 g/mol. The van der Waals surface area contributed by atoms with Crippen LogP contribution in [0.2, 0.25) is 0 Å². The third-order valence-corrected chi connectivity index (χ3v) is 6.92. The normalized spacial score (nSPS) is 11.2. The maximum absolute atomic E-state index is 12.3. The second-order valence-electron chi connectivity index (χ2n) is 5.22. The number of rotatable bonds is 7. The second-order valence-corrected chi connectivity index (χ2v) is 9.32. The van der Waals surface area contributed by atoms with E-state index < -0.39 is 9.84 Å². The smallest absolute Gasteiger partial charge is 0.236 e. The summed E-state index contributed by atoms with van der Waals surface area (Å²) in [6, 6.07) is 17.8. The number of amides is 1. The average Bonchev–Trinajstić information content (AvgIpc) is 3.07. The maximum atomic E-state index is 12.3. The fraction of sp³-hybridized carbons (Fsp3) is 0.118. The molecule has 0 saturated carbocycles. The summed E-state index contributed by atoms with van der Waals surface area (Å²) in [6.07, 6.45) is 0. The molecular formula is C17H15N3O3S3. The van der Waals surface area contributed by atoms with E-state index in [0.29, 0.717) is 10.1 Å². The van der Waals surface area contributed by atoms with Crippen molar-refractivity contribution in [2.75, 3.05) is 11.1 Å². The second kappa shape index (κ2) is 8.43. The van der Waals surface area contributed by atoms with Gasteiger partial charge in [-0.15, -0.1) is 22.0 Å². The van der Waals surface area contributed by atoms with E-state index in [-0.39, 0.29) is 22.3 Å². The first-order chi connectivity index (χ1) is 12.5. The standard InChI is InChI=1S/C17H15N3O3S3/c21-15(11-24-13-7-3-1-4-8-13)18-17-20-19-16(25-17)12-26(22,23)14-9-5-2-6-10-14/h1-10H,11-12H2,(H,18,20,21). The van der Waals surface area contributed by atoms with Gasteiger partial charge in [-0.2, -0.15) is 0 Å². The number of hydrogen-bond acceptors (Lipinski definition) is 7. The third-order valence-electron chi connectivity index (χ3n) is 3.24. The first-order valence-electron chi connectivity index (χ1n) is 7.61. The molecule has 1 N–H and O–H groups in total. The molecular weight excluding hydrogens is 390 g/mol. The molecule has 1 heterocycles. The topological polar surface area (TPSA) is 89.0 Å². The Balaban J connectivity index is 1.57. The summed E-state index contributed by atoms with van der Waals surface area (Å²) < 4.78 is 24.7. The highest BCUT2D eigenvalue weighted by atomic mass is 32.2. The van der Waals surface area contributed by atoms with E-state index in [1.807, 2.05) is 30.3 Å². The number of aromatic nitrogens is 2. The molecule has 0 atom stereocenters. The Bertz CT molecular complexity index is 974. The van der Waals surface area contributed by atoms with Crippen LogP contribution in [0.25, 0.3) is 0 Å². The van der Waals surface area contributed by atoms with Crippen LogP contribution in [0.5, 0.6) is 0 Å². The molecule has 0 aliphatic carbocycles. The highest BCUT2D eigenvalue weighted by Crippen LogP contribution is 2.22. The maximum Gasteiger partial charge on any atom is 0.236 e. The van der Waals surface area contributed by atoms with Gasteiger partial charge in [0.25, 0.3) is 0 Å². The fourth-order valence-electron chi connectivity index (χ4n) is 2.06. The minimum Gasteiger partial charge on any atom is -0.300 e. The summed E-state index contributed by atoms with van der Waals surface area (Å²) in [4.78, 5) is 13.2. The predicted octanol–water partition coefficient (Wildman–Crippen LogP) is 3.24. The van der Waals surface area contributed by atoms with Gasteiger partial charge in [-0.1, -0.05) is 47.7 Å². The molecule has 0 fully saturated rings. The van der Waals surface area contributed by atoms with E-state index >= 15 is 0 Å². The molecule has 0 bridgehead atoms. The van der Waals surface area contributed by atoms with Gasteiger partial charge < -0.3 is 0 Å². The van der Waals surface area contributed by atoms with E-state index in [0.717, 1.165) is 16.2 Å². The molecule has 6 nitrogen and oxygen atoms in total. The zero-order chi connectivity index (χ0) is 18.4. The van der Waals surface area contributed by atoms with Crippen LogP contribution in [-0.2, 0) is 20.4 Å². The van der Waals surface area contributed by atoms with Gasteiger partial charge in [-0.3, -0.25) is 10.1 Å². The zero-order valence-corrected chi connectivity index (χ0v) is 16.0. The van der Waals surface area contributed by atoms with Crippen molar-refractivity contribution in [1.82, 2.24) is 10.2 Å². The predicted molar refractivity (Wildman–Crippen MR) is 103 cm³/mol. The lowest BCUT2D eigenvalue weighted by atomic mass is 10.4. The molecule has 0 radical (unpaired) electrons. The highest BCUT2D eigenvalue weighted by molar-refractivity contribution is 8.00. The number of thioether (sulfide) groups is 1. The molecule has 134 valence electrons.